The van der Waals surface area contributed by atoms with Crippen molar-refractivity contribution in [1.82, 2.24) is 26.0 Å². The third-order valence-corrected chi connectivity index (χ3v) is 5.55. The van der Waals surface area contributed by atoms with Gasteiger partial charge < -0.3 is 5.32 Å². The van der Waals surface area contributed by atoms with E-state index in [1.54, 1.807) is 24.0 Å². The van der Waals surface area contributed by atoms with Crippen LogP contribution in [0, 0.1) is 17.7 Å². The van der Waals surface area contributed by atoms with Crippen molar-refractivity contribution in [3.05, 3.63) is 35.1 Å². The molecule has 5 atom stereocenters. The molecule has 11 heteroatoms. The lowest BCUT2D eigenvalue weighted by atomic mass is 9.92. The van der Waals surface area contributed by atoms with Crippen LogP contribution >= 0.6 is 0 Å². The molecule has 2 aliphatic rings. The van der Waals surface area contributed by atoms with Crippen molar-refractivity contribution in [1.29, 1.82) is 0 Å². The lowest BCUT2D eigenvalue weighted by Gasteiger charge is -2.42. The van der Waals surface area contributed by atoms with Gasteiger partial charge in [-0.2, -0.15) is 13.2 Å². The van der Waals surface area contributed by atoms with Gasteiger partial charge in [-0.05, 0) is 37.7 Å². The molecule has 3 N–H and O–H groups in total. The molecule has 0 saturated carbocycles. The smallest absolute Gasteiger partial charge is 0.327 e. The van der Waals surface area contributed by atoms with Gasteiger partial charge in [0.1, 0.15) is 18.8 Å². The van der Waals surface area contributed by atoms with Gasteiger partial charge in [0.2, 0.25) is 5.91 Å². The molecule has 0 aliphatic carbocycles. The van der Waals surface area contributed by atoms with E-state index in [1.807, 2.05) is 13.8 Å². The fraction of sp³-hybridized carbons (Fsp3) is 0.632. The monoisotopic (exact) mass is 435 g/mol. The molecule has 2 aliphatic heterocycles. The topological polar surface area (TPSA) is 59.6 Å². The van der Waals surface area contributed by atoms with Crippen LogP contribution in [0.4, 0.5) is 22.0 Å². The molecule has 1 amide bonds. The fourth-order valence-corrected chi connectivity index (χ4v) is 4.16. The largest absolute Gasteiger partial charge is 0.419 e. The van der Waals surface area contributed by atoms with Crippen LogP contribution in [0.25, 0.3) is 0 Å². The number of rotatable bonds is 5. The van der Waals surface area contributed by atoms with Crippen LogP contribution in [0.15, 0.2) is 18.2 Å². The Bertz CT molecular complexity index is 787. The summed E-state index contributed by atoms with van der Waals surface area (Å²) < 4.78 is 66.8. The minimum absolute atomic E-state index is 0.183. The average Bonchev–Trinajstić information content (AvgIpc) is 2.99. The Morgan fingerprint density at radius 3 is 2.40 bits per heavy atom. The van der Waals surface area contributed by atoms with Crippen LogP contribution < -0.4 is 16.1 Å². The molecule has 0 aromatic heterocycles. The molecule has 0 spiro atoms. The first-order valence-electron chi connectivity index (χ1n) is 9.65. The summed E-state index contributed by atoms with van der Waals surface area (Å²) in [4.78, 5) is 14.4. The summed E-state index contributed by atoms with van der Waals surface area (Å²) in [5.41, 5.74) is 1.95. The third-order valence-electron chi connectivity index (χ3n) is 5.55. The van der Waals surface area contributed by atoms with Crippen molar-refractivity contribution in [2.24, 2.45) is 11.8 Å². The van der Waals surface area contributed by atoms with E-state index >= 15 is 0 Å². The molecular formula is C19H26F5N5O. The Labute approximate surface area is 171 Å². The number of nitrogens with one attached hydrogen (secondary N) is 3. The van der Waals surface area contributed by atoms with Crippen LogP contribution in [0.2, 0.25) is 0 Å². The molecule has 0 bridgehead atoms. The Kier molecular flexibility index (Phi) is 6.38. The number of carbonyl (C=O) groups is 1. The maximum atomic E-state index is 14.3. The Hall–Kier alpha value is -1.82. The van der Waals surface area contributed by atoms with Crippen LogP contribution in [-0.2, 0) is 11.0 Å². The lowest BCUT2D eigenvalue weighted by molar-refractivity contribution is -0.140. The van der Waals surface area contributed by atoms with E-state index in [9.17, 15) is 26.7 Å². The van der Waals surface area contributed by atoms with Gasteiger partial charge in [0, 0.05) is 0 Å². The van der Waals surface area contributed by atoms with Gasteiger partial charge in [-0.15, -0.1) is 0 Å². The van der Waals surface area contributed by atoms with E-state index in [-0.39, 0.29) is 11.8 Å². The summed E-state index contributed by atoms with van der Waals surface area (Å²) >= 11 is 0. The second-order valence-corrected chi connectivity index (χ2v) is 8.24. The summed E-state index contributed by atoms with van der Waals surface area (Å²) in [6.07, 6.45) is -5.95. The predicted molar refractivity (Wildman–Crippen MR) is 99.8 cm³/mol. The summed E-state index contributed by atoms with van der Waals surface area (Å²) in [6.45, 7) is 2.84. The quantitative estimate of drug-likeness (QED) is 0.620. The van der Waals surface area contributed by atoms with Gasteiger partial charge >= 0.3 is 6.18 Å². The van der Waals surface area contributed by atoms with Crippen molar-refractivity contribution in [2.45, 2.75) is 44.6 Å². The van der Waals surface area contributed by atoms with Crippen molar-refractivity contribution in [3.8, 4) is 0 Å². The minimum Gasteiger partial charge on any atom is -0.327 e. The van der Waals surface area contributed by atoms with Crippen molar-refractivity contribution in [3.63, 3.8) is 0 Å². The van der Waals surface area contributed by atoms with E-state index in [2.05, 4.69) is 16.1 Å². The standard InChI is InChI=1S/C19H26F5N5O/c1-9(2)15(10-5-6-11(12(21)7-10)19(22,23)24)29-16-14(13(8-20)27-29)17(30)26-18(25-16)28(3)4/h5-7,9,13-16,18,25,27H,8H2,1-4H3,(H,26,30). The molecule has 6 nitrogen and oxygen atoms in total. The molecule has 2 fully saturated rings. The molecular weight excluding hydrogens is 409 g/mol. The van der Waals surface area contributed by atoms with E-state index in [0.29, 0.717) is 11.6 Å². The number of hydrogen-bond acceptors (Lipinski definition) is 5. The molecule has 0 radical (unpaired) electrons. The van der Waals surface area contributed by atoms with Crippen molar-refractivity contribution in [2.75, 3.05) is 20.8 Å². The number of alkyl halides is 4. The highest BCUT2D eigenvalue weighted by atomic mass is 19.4. The molecule has 3 rings (SSSR count). The SMILES string of the molecule is CC(C)C(c1ccc(C(F)(F)F)c(F)c1)N1NC(CF)C2C(=O)NC(N(C)C)NC21. The Balaban J connectivity index is 1.99. The van der Waals surface area contributed by atoms with Crippen molar-refractivity contribution < 1.29 is 26.7 Å². The lowest BCUT2D eigenvalue weighted by Crippen LogP contribution is -2.68. The van der Waals surface area contributed by atoms with Gasteiger partial charge in [0.05, 0.1) is 29.7 Å². The van der Waals surface area contributed by atoms with Crippen LogP contribution in [-0.4, -0.2) is 55.1 Å². The number of fused-ring (bicyclic) bond motifs is 1. The highest BCUT2D eigenvalue weighted by Gasteiger charge is 2.52. The summed E-state index contributed by atoms with van der Waals surface area (Å²) in [7, 11) is 3.51. The molecule has 2 heterocycles. The number of nitrogens with zero attached hydrogens (tertiary/aromatic N) is 2. The molecule has 1 aromatic rings. The number of halogens is 5. The van der Waals surface area contributed by atoms with Gasteiger partial charge in [-0.3, -0.25) is 15.0 Å². The van der Waals surface area contributed by atoms with E-state index in [1.165, 1.54) is 6.07 Å². The first-order valence-corrected chi connectivity index (χ1v) is 9.65. The molecule has 2 saturated heterocycles. The average molecular weight is 435 g/mol. The van der Waals surface area contributed by atoms with Crippen LogP contribution in [0.1, 0.15) is 31.0 Å². The summed E-state index contributed by atoms with van der Waals surface area (Å²) in [6, 6.07) is 1.38. The number of carbonyl (C=O) groups excluding carboxylic acids is 1. The highest BCUT2D eigenvalue weighted by molar-refractivity contribution is 5.81. The number of hydrazine groups is 1. The van der Waals surface area contributed by atoms with Gasteiger partial charge in [-0.1, -0.05) is 19.9 Å². The Morgan fingerprint density at radius 2 is 1.90 bits per heavy atom. The number of amides is 1. The first-order chi connectivity index (χ1) is 14.0. The maximum Gasteiger partial charge on any atom is 0.419 e. The van der Waals surface area contributed by atoms with Gasteiger partial charge in [-0.25, -0.2) is 19.2 Å². The maximum absolute atomic E-state index is 14.3. The minimum atomic E-state index is -4.80. The Morgan fingerprint density at radius 1 is 1.23 bits per heavy atom. The summed E-state index contributed by atoms with van der Waals surface area (Å²) in [5, 5.41) is 7.64. The second kappa shape index (κ2) is 8.37. The zero-order valence-corrected chi connectivity index (χ0v) is 17.1. The molecule has 30 heavy (non-hydrogen) atoms. The predicted octanol–water partition coefficient (Wildman–Crippen LogP) is 2.21. The van der Waals surface area contributed by atoms with Crippen molar-refractivity contribution >= 4 is 5.91 Å². The second-order valence-electron chi connectivity index (χ2n) is 8.24. The van der Waals surface area contributed by atoms with E-state index in [0.717, 1.165) is 6.07 Å². The van der Waals surface area contributed by atoms with E-state index in [4.69, 9.17) is 0 Å². The third kappa shape index (κ3) is 4.16. The van der Waals surface area contributed by atoms with Crippen LogP contribution in [0.5, 0.6) is 0 Å². The first kappa shape index (κ1) is 22.9. The zero-order chi connectivity index (χ0) is 22.4. The molecule has 168 valence electrons. The number of hydrogen-bond donors (Lipinski definition) is 3. The fourth-order valence-electron chi connectivity index (χ4n) is 4.16. The highest BCUT2D eigenvalue weighted by Crippen LogP contribution is 2.38. The van der Waals surface area contributed by atoms with Crippen LogP contribution in [0.3, 0.4) is 0 Å². The molecule has 1 aromatic carbocycles. The normalized spacial score (nSPS) is 28.7. The molecule has 5 unspecified atom stereocenters. The van der Waals surface area contributed by atoms with Gasteiger partial charge in [0.25, 0.3) is 0 Å². The number of benzene rings is 1. The van der Waals surface area contributed by atoms with Gasteiger partial charge in [0.15, 0.2) is 0 Å². The zero-order valence-electron chi connectivity index (χ0n) is 17.1. The van der Waals surface area contributed by atoms with E-state index < -0.39 is 54.7 Å². The summed E-state index contributed by atoms with van der Waals surface area (Å²) in [5.74, 6) is -2.65.